The zero-order valence-corrected chi connectivity index (χ0v) is 12.7. The molecule has 1 aromatic carbocycles. The van der Waals surface area contributed by atoms with E-state index in [1.165, 1.54) is 0 Å². The van der Waals surface area contributed by atoms with E-state index in [1.54, 1.807) is 0 Å². The first-order valence-electron chi connectivity index (χ1n) is 7.10. The number of hydrogen-bond acceptors (Lipinski definition) is 4. The van der Waals surface area contributed by atoms with E-state index in [0.29, 0.717) is 11.6 Å². The number of piperazine rings is 1. The highest BCUT2D eigenvalue weighted by Crippen LogP contribution is 2.40. The standard InChI is InChI=1S/C15H21ClN2O2/c1-10-7-11(16)8-12-14(13(19)9-20-15(10)12)18-5-3-17(2)4-6-18/h7-8,13-14,19H,3-6,9H2,1-2H3. The van der Waals surface area contributed by atoms with Crippen molar-refractivity contribution in [1.82, 2.24) is 9.80 Å². The van der Waals surface area contributed by atoms with Crippen molar-refractivity contribution < 1.29 is 9.84 Å². The van der Waals surface area contributed by atoms with Gasteiger partial charge in [-0.25, -0.2) is 0 Å². The molecule has 1 N–H and O–H groups in total. The van der Waals surface area contributed by atoms with Gasteiger partial charge in [0, 0.05) is 36.8 Å². The molecule has 2 unspecified atom stereocenters. The summed E-state index contributed by atoms with van der Waals surface area (Å²) in [5.41, 5.74) is 2.07. The monoisotopic (exact) mass is 296 g/mol. The average molecular weight is 297 g/mol. The maximum absolute atomic E-state index is 10.4. The number of fused-ring (bicyclic) bond motifs is 1. The Morgan fingerprint density at radius 2 is 1.95 bits per heavy atom. The van der Waals surface area contributed by atoms with E-state index in [9.17, 15) is 5.11 Å². The van der Waals surface area contributed by atoms with Crippen LogP contribution < -0.4 is 4.74 Å². The van der Waals surface area contributed by atoms with Crippen molar-refractivity contribution in [2.24, 2.45) is 0 Å². The van der Waals surface area contributed by atoms with E-state index < -0.39 is 6.10 Å². The lowest BCUT2D eigenvalue weighted by Crippen LogP contribution is -2.50. The predicted molar refractivity (Wildman–Crippen MR) is 79.5 cm³/mol. The van der Waals surface area contributed by atoms with Crippen LogP contribution in [0.25, 0.3) is 0 Å². The van der Waals surface area contributed by atoms with Crippen LogP contribution in [0.4, 0.5) is 0 Å². The van der Waals surface area contributed by atoms with Gasteiger partial charge in [-0.1, -0.05) is 11.6 Å². The van der Waals surface area contributed by atoms with Crippen molar-refractivity contribution in [3.63, 3.8) is 0 Å². The van der Waals surface area contributed by atoms with Crippen LogP contribution in [0.1, 0.15) is 17.2 Å². The number of aliphatic hydroxyl groups is 1. The number of aryl methyl sites for hydroxylation is 1. The molecule has 0 bridgehead atoms. The van der Waals surface area contributed by atoms with Crippen LogP contribution in [0.5, 0.6) is 5.75 Å². The van der Waals surface area contributed by atoms with Gasteiger partial charge in [-0.15, -0.1) is 0 Å². The molecule has 3 rings (SSSR count). The Balaban J connectivity index is 1.95. The Morgan fingerprint density at radius 1 is 1.25 bits per heavy atom. The number of aliphatic hydroxyl groups excluding tert-OH is 1. The van der Waals surface area contributed by atoms with Crippen molar-refractivity contribution >= 4 is 11.6 Å². The highest BCUT2D eigenvalue weighted by molar-refractivity contribution is 6.30. The number of rotatable bonds is 1. The lowest BCUT2D eigenvalue weighted by atomic mass is 9.94. The molecule has 0 spiro atoms. The molecule has 4 nitrogen and oxygen atoms in total. The van der Waals surface area contributed by atoms with Gasteiger partial charge in [-0.05, 0) is 31.7 Å². The number of halogens is 1. The molecule has 0 amide bonds. The molecular formula is C15H21ClN2O2. The second kappa shape index (κ2) is 5.53. The molecule has 110 valence electrons. The van der Waals surface area contributed by atoms with Gasteiger partial charge >= 0.3 is 0 Å². The summed E-state index contributed by atoms with van der Waals surface area (Å²) in [6, 6.07) is 3.85. The van der Waals surface area contributed by atoms with Crippen LogP contribution in [0.2, 0.25) is 5.02 Å². The Bertz CT molecular complexity index is 501. The van der Waals surface area contributed by atoms with Crippen LogP contribution >= 0.6 is 11.6 Å². The van der Waals surface area contributed by atoms with Crippen molar-refractivity contribution in [3.8, 4) is 5.75 Å². The third kappa shape index (κ3) is 2.53. The summed E-state index contributed by atoms with van der Waals surface area (Å²) >= 11 is 6.19. The van der Waals surface area contributed by atoms with Gasteiger partial charge in [0.1, 0.15) is 18.5 Å². The first kappa shape index (κ1) is 14.1. The summed E-state index contributed by atoms with van der Waals surface area (Å²) in [6.07, 6.45) is -0.497. The predicted octanol–water partition coefficient (Wildman–Crippen LogP) is 1.69. The maximum Gasteiger partial charge on any atom is 0.127 e. The second-order valence-electron chi connectivity index (χ2n) is 5.80. The van der Waals surface area contributed by atoms with Crippen LogP contribution in [0, 0.1) is 6.92 Å². The molecule has 0 aliphatic carbocycles. The van der Waals surface area contributed by atoms with E-state index in [2.05, 4.69) is 16.8 Å². The van der Waals surface area contributed by atoms with Gasteiger partial charge in [0.15, 0.2) is 0 Å². The Kier molecular flexibility index (Phi) is 3.91. The molecule has 2 heterocycles. The number of hydrogen-bond donors (Lipinski definition) is 1. The second-order valence-corrected chi connectivity index (χ2v) is 6.24. The highest BCUT2D eigenvalue weighted by Gasteiger charge is 2.36. The maximum atomic E-state index is 10.4. The molecule has 2 aliphatic heterocycles. The summed E-state index contributed by atoms with van der Waals surface area (Å²) in [7, 11) is 2.13. The molecule has 5 heteroatoms. The largest absolute Gasteiger partial charge is 0.490 e. The van der Waals surface area contributed by atoms with Gasteiger partial charge < -0.3 is 14.7 Å². The molecule has 1 aromatic rings. The topological polar surface area (TPSA) is 35.9 Å². The fourth-order valence-electron chi connectivity index (χ4n) is 3.18. The normalized spacial score (nSPS) is 28.0. The third-order valence-corrected chi connectivity index (χ3v) is 4.50. The SMILES string of the molecule is Cc1cc(Cl)cc2c1OCC(O)C2N1CCN(C)CC1. The summed E-state index contributed by atoms with van der Waals surface area (Å²) in [6.45, 7) is 6.33. The summed E-state index contributed by atoms with van der Waals surface area (Å²) in [5, 5.41) is 11.1. The van der Waals surface area contributed by atoms with E-state index in [4.69, 9.17) is 16.3 Å². The van der Waals surface area contributed by atoms with Gasteiger partial charge in [0.05, 0.1) is 6.04 Å². The zero-order chi connectivity index (χ0) is 14.3. The Morgan fingerprint density at radius 3 is 2.65 bits per heavy atom. The van der Waals surface area contributed by atoms with Crippen LogP contribution in [-0.2, 0) is 0 Å². The average Bonchev–Trinajstić information content (AvgIpc) is 2.40. The lowest BCUT2D eigenvalue weighted by molar-refractivity contribution is -0.0154. The summed E-state index contributed by atoms with van der Waals surface area (Å²) < 4.78 is 5.72. The van der Waals surface area contributed by atoms with Crippen molar-refractivity contribution in [1.29, 1.82) is 0 Å². The molecule has 1 saturated heterocycles. The molecule has 0 aromatic heterocycles. The quantitative estimate of drug-likeness (QED) is 0.855. The van der Waals surface area contributed by atoms with Crippen LogP contribution in [0.15, 0.2) is 12.1 Å². The smallest absolute Gasteiger partial charge is 0.127 e. The van der Waals surface area contributed by atoms with Gasteiger partial charge in [-0.2, -0.15) is 0 Å². The fraction of sp³-hybridized carbons (Fsp3) is 0.600. The Hall–Kier alpha value is -0.810. The van der Waals surface area contributed by atoms with Crippen LogP contribution in [-0.4, -0.2) is 60.8 Å². The summed E-state index contributed by atoms with van der Waals surface area (Å²) in [5.74, 6) is 0.892. The molecule has 0 saturated carbocycles. The van der Waals surface area contributed by atoms with Gasteiger partial charge in [0.2, 0.25) is 0 Å². The fourth-order valence-corrected chi connectivity index (χ4v) is 3.46. The Labute approximate surface area is 124 Å². The first-order chi connectivity index (χ1) is 9.56. The minimum Gasteiger partial charge on any atom is -0.490 e. The lowest BCUT2D eigenvalue weighted by Gasteiger charge is -2.42. The van der Waals surface area contributed by atoms with E-state index in [0.717, 1.165) is 43.1 Å². The first-order valence-corrected chi connectivity index (χ1v) is 7.47. The van der Waals surface area contributed by atoms with E-state index >= 15 is 0 Å². The molecular weight excluding hydrogens is 276 g/mol. The summed E-state index contributed by atoms with van der Waals surface area (Å²) in [4.78, 5) is 4.66. The van der Waals surface area contributed by atoms with Crippen molar-refractivity contribution in [2.45, 2.75) is 19.1 Å². The number of likely N-dealkylation sites (N-methyl/N-ethyl adjacent to an activating group) is 1. The number of nitrogens with zero attached hydrogens (tertiary/aromatic N) is 2. The minimum absolute atomic E-state index is 0.00940. The molecule has 2 atom stereocenters. The molecule has 1 fully saturated rings. The van der Waals surface area contributed by atoms with Crippen molar-refractivity contribution in [2.75, 3.05) is 39.8 Å². The van der Waals surface area contributed by atoms with E-state index in [-0.39, 0.29) is 6.04 Å². The van der Waals surface area contributed by atoms with Gasteiger partial charge in [0.25, 0.3) is 0 Å². The molecule has 2 aliphatic rings. The van der Waals surface area contributed by atoms with E-state index in [1.807, 2.05) is 19.1 Å². The van der Waals surface area contributed by atoms with Gasteiger partial charge in [-0.3, -0.25) is 4.90 Å². The molecule has 0 radical (unpaired) electrons. The highest BCUT2D eigenvalue weighted by atomic mass is 35.5. The number of ether oxygens (including phenoxy) is 1. The van der Waals surface area contributed by atoms with Crippen LogP contribution in [0.3, 0.4) is 0 Å². The van der Waals surface area contributed by atoms with Crippen molar-refractivity contribution in [3.05, 3.63) is 28.3 Å². The zero-order valence-electron chi connectivity index (χ0n) is 12.0. The third-order valence-electron chi connectivity index (χ3n) is 4.28. The number of benzene rings is 1. The molecule has 20 heavy (non-hydrogen) atoms. The minimum atomic E-state index is -0.497.